The molecular formula is C24H27BrN2O4S. The summed E-state index contributed by atoms with van der Waals surface area (Å²) in [6.45, 7) is 0.580. The van der Waals surface area contributed by atoms with E-state index in [0.29, 0.717) is 24.5 Å². The van der Waals surface area contributed by atoms with Crippen LogP contribution in [0.15, 0.2) is 58.7 Å². The molecule has 1 amide bonds. The second kappa shape index (κ2) is 12.7. The molecule has 170 valence electrons. The Morgan fingerprint density at radius 1 is 1.16 bits per heavy atom. The van der Waals surface area contributed by atoms with E-state index in [-0.39, 0.29) is 11.3 Å². The summed E-state index contributed by atoms with van der Waals surface area (Å²) in [5, 5.41) is 8.47. The van der Waals surface area contributed by atoms with Crippen molar-refractivity contribution in [1.29, 1.82) is 0 Å². The minimum atomic E-state index is -0.338. The van der Waals surface area contributed by atoms with Crippen molar-refractivity contribution in [3.8, 4) is 5.75 Å². The molecule has 0 saturated carbocycles. The van der Waals surface area contributed by atoms with Crippen molar-refractivity contribution in [2.75, 3.05) is 17.3 Å². The zero-order chi connectivity index (χ0) is 22.8. The number of ether oxygens (including phenoxy) is 1. The number of carbonyl (C=O) groups excluding carboxylic acids is 2. The Kier molecular flexibility index (Phi) is 9.68. The number of nitrogens with zero attached hydrogens (tertiary/aromatic N) is 1. The van der Waals surface area contributed by atoms with Crippen LogP contribution in [0.5, 0.6) is 5.75 Å². The molecule has 1 aliphatic rings. The molecule has 1 unspecified atom stereocenters. The van der Waals surface area contributed by atoms with Gasteiger partial charge in [0.1, 0.15) is 22.8 Å². The van der Waals surface area contributed by atoms with Crippen LogP contribution >= 0.6 is 27.7 Å². The summed E-state index contributed by atoms with van der Waals surface area (Å²) in [5.41, 5.74) is 4.25. The Balaban J connectivity index is 1.61. The number of carbonyl (C=O) groups is 1. The molecule has 0 aliphatic carbocycles. The summed E-state index contributed by atoms with van der Waals surface area (Å²) in [4.78, 5) is 24.7. The van der Waals surface area contributed by atoms with Crippen molar-refractivity contribution in [1.82, 2.24) is 5.48 Å². The second-order valence-electron chi connectivity index (χ2n) is 7.51. The van der Waals surface area contributed by atoms with Crippen molar-refractivity contribution in [3.63, 3.8) is 0 Å². The summed E-state index contributed by atoms with van der Waals surface area (Å²) in [5.74, 6) is 3.14. The third-order valence-corrected chi connectivity index (χ3v) is 6.94. The topological polar surface area (TPSA) is 78.9 Å². The minimum Gasteiger partial charge on any atom is -0.491 e. The van der Waals surface area contributed by atoms with Gasteiger partial charge in [0.2, 0.25) is 5.91 Å². The lowest BCUT2D eigenvalue weighted by molar-refractivity contribution is -0.129. The molecule has 8 heteroatoms. The molecular weight excluding hydrogens is 492 g/mol. The van der Waals surface area contributed by atoms with Crippen LogP contribution in [0.1, 0.15) is 49.5 Å². The predicted octanol–water partition coefficient (Wildman–Crippen LogP) is 5.64. The molecule has 2 aromatic carbocycles. The van der Waals surface area contributed by atoms with Gasteiger partial charge in [-0.3, -0.25) is 10.0 Å². The van der Waals surface area contributed by atoms with Crippen LogP contribution in [0.3, 0.4) is 0 Å². The third kappa shape index (κ3) is 6.62. The number of thioether (sulfide) groups is 1. The first-order chi connectivity index (χ1) is 15.6. The molecule has 2 N–H and O–H groups in total. The highest BCUT2D eigenvalue weighted by atomic mass is 79.9. The number of hydrogen-bond donors (Lipinski definition) is 2. The van der Waals surface area contributed by atoms with Crippen LogP contribution in [-0.4, -0.2) is 29.4 Å². The van der Waals surface area contributed by atoms with Crippen LogP contribution in [0.25, 0.3) is 0 Å². The maximum Gasteiger partial charge on any atom is 0.243 e. The zero-order valence-corrected chi connectivity index (χ0v) is 20.2. The number of unbranched alkanes of at least 4 members (excludes halogenated alkanes) is 4. The van der Waals surface area contributed by atoms with Crippen molar-refractivity contribution in [2.45, 2.75) is 43.9 Å². The van der Waals surface area contributed by atoms with Gasteiger partial charge >= 0.3 is 0 Å². The number of hydrogen-bond acceptors (Lipinski definition) is 6. The van der Waals surface area contributed by atoms with Crippen molar-refractivity contribution in [3.05, 3.63) is 64.3 Å². The zero-order valence-electron chi connectivity index (χ0n) is 17.8. The van der Waals surface area contributed by atoms with E-state index in [1.165, 1.54) is 0 Å². The third-order valence-electron chi connectivity index (χ3n) is 5.21. The molecule has 1 saturated heterocycles. The first-order valence-electron chi connectivity index (χ1n) is 10.7. The van der Waals surface area contributed by atoms with Crippen LogP contribution in [0.2, 0.25) is 0 Å². The van der Waals surface area contributed by atoms with E-state index in [0.717, 1.165) is 53.6 Å². The summed E-state index contributed by atoms with van der Waals surface area (Å²) < 4.78 is 7.11. The highest BCUT2D eigenvalue weighted by Crippen LogP contribution is 2.48. The Hall–Kier alpha value is -2.25. The maximum absolute atomic E-state index is 11.7. The van der Waals surface area contributed by atoms with Gasteiger partial charge in [-0.1, -0.05) is 59.5 Å². The lowest BCUT2D eigenvalue weighted by atomic mass is 10.1. The predicted molar refractivity (Wildman–Crippen MR) is 131 cm³/mol. The number of amides is 1. The Bertz CT molecular complexity index is 965. The quantitative estimate of drug-likeness (QED) is 0.173. The van der Waals surface area contributed by atoms with Crippen LogP contribution in [0, 0.1) is 0 Å². The average Bonchev–Trinajstić information content (AvgIpc) is 3.25. The first-order valence-corrected chi connectivity index (χ1v) is 12.5. The lowest BCUT2D eigenvalue weighted by Crippen LogP contribution is -2.22. The van der Waals surface area contributed by atoms with Gasteiger partial charge < -0.3 is 9.64 Å². The van der Waals surface area contributed by atoms with Crippen LogP contribution < -0.4 is 15.1 Å². The van der Waals surface area contributed by atoms with E-state index < -0.39 is 0 Å². The first kappa shape index (κ1) is 24.4. The molecule has 2 aromatic rings. The van der Waals surface area contributed by atoms with E-state index in [1.807, 2.05) is 41.3 Å². The van der Waals surface area contributed by atoms with Gasteiger partial charge in [0, 0.05) is 16.6 Å². The van der Waals surface area contributed by atoms with Gasteiger partial charge in [-0.05, 0) is 42.7 Å². The molecule has 0 aromatic heterocycles. The van der Waals surface area contributed by atoms with Crippen molar-refractivity contribution in [2.24, 2.45) is 0 Å². The number of hydroxylamine groups is 1. The smallest absolute Gasteiger partial charge is 0.243 e. The molecule has 6 nitrogen and oxygen atoms in total. The van der Waals surface area contributed by atoms with E-state index in [2.05, 4.69) is 34.0 Å². The van der Waals surface area contributed by atoms with Crippen LogP contribution in [0.4, 0.5) is 5.69 Å². The van der Waals surface area contributed by atoms with Crippen molar-refractivity contribution >= 4 is 45.2 Å². The summed E-state index contributed by atoms with van der Waals surface area (Å²) in [6.07, 6.45) is 4.97. The lowest BCUT2D eigenvalue weighted by Gasteiger charge is -2.28. The summed E-state index contributed by atoms with van der Waals surface area (Å²) in [6, 6.07) is 15.9. The number of rotatable bonds is 11. The molecule has 1 heterocycles. The van der Waals surface area contributed by atoms with E-state index in [1.54, 1.807) is 17.2 Å². The number of benzene rings is 2. The Morgan fingerprint density at radius 3 is 2.72 bits per heavy atom. The fourth-order valence-electron chi connectivity index (χ4n) is 3.63. The maximum atomic E-state index is 11.7. The van der Waals surface area contributed by atoms with Crippen molar-refractivity contribution < 1.29 is 19.5 Å². The fraction of sp³-hybridized carbons (Fsp3) is 0.375. The number of nitrogens with one attached hydrogen (secondary N) is 1. The van der Waals surface area contributed by atoms with E-state index in [9.17, 15) is 9.59 Å². The van der Waals surface area contributed by atoms with Gasteiger partial charge in [0.05, 0.1) is 12.3 Å². The molecule has 0 radical (unpaired) electrons. The normalized spacial score (nSPS) is 15.5. The molecule has 0 spiro atoms. The van der Waals surface area contributed by atoms with Gasteiger partial charge in [-0.25, -0.2) is 10.3 Å². The van der Waals surface area contributed by atoms with E-state index in [4.69, 9.17) is 9.94 Å². The highest BCUT2D eigenvalue weighted by molar-refractivity contribution is 9.10. The van der Waals surface area contributed by atoms with Gasteiger partial charge in [-0.2, -0.15) is 0 Å². The Labute approximate surface area is 201 Å². The molecule has 3 rings (SSSR count). The Morgan fingerprint density at radius 2 is 1.94 bits per heavy atom. The number of halogens is 1. The highest BCUT2D eigenvalue weighted by Gasteiger charge is 2.34. The molecule has 1 atom stereocenters. The minimum absolute atomic E-state index is 0.0233. The number of anilines is 1. The van der Waals surface area contributed by atoms with Gasteiger partial charge in [0.15, 0.2) is 0 Å². The molecule has 0 bridgehead atoms. The molecule has 1 aliphatic heterocycles. The molecule has 1 fully saturated rings. The largest absolute Gasteiger partial charge is 0.491 e. The average molecular weight is 519 g/mol. The van der Waals surface area contributed by atoms with Crippen LogP contribution in [-0.2, 0) is 9.59 Å². The SMILES string of the molecule is O=C=C1CSC(c2cccc(Br)c2)N1c1ccccc1OCCCCCCCC(=O)NO. The van der Waals surface area contributed by atoms with Gasteiger partial charge in [-0.15, -0.1) is 11.8 Å². The number of para-hydroxylation sites is 2. The monoisotopic (exact) mass is 518 g/mol. The van der Waals surface area contributed by atoms with E-state index >= 15 is 0 Å². The molecule has 32 heavy (non-hydrogen) atoms. The summed E-state index contributed by atoms with van der Waals surface area (Å²) >= 11 is 5.24. The fourth-order valence-corrected chi connectivity index (χ4v) is 5.29. The second-order valence-corrected chi connectivity index (χ2v) is 9.49. The summed E-state index contributed by atoms with van der Waals surface area (Å²) in [7, 11) is 0. The van der Waals surface area contributed by atoms with Gasteiger partial charge in [0.25, 0.3) is 0 Å². The standard InChI is InChI=1S/C24H27BrN2O4S/c25-19-10-8-9-18(15-19)24-27(20(16-28)17-32-24)21-11-5-6-12-22(21)31-14-7-3-1-2-4-13-23(29)26-30/h5-6,8-12,15,24,30H,1-4,7,13-14,17H2,(H,26,29).